The van der Waals surface area contributed by atoms with E-state index in [2.05, 4.69) is 29.6 Å². The monoisotopic (exact) mass is 366 g/mol. The number of carbonyl (C=O) groups excluding carboxylic acids is 2. The molecular formula is C22H28N3O2+. The van der Waals surface area contributed by atoms with Gasteiger partial charge in [0.1, 0.15) is 0 Å². The second-order valence-corrected chi connectivity index (χ2v) is 7.15. The summed E-state index contributed by atoms with van der Waals surface area (Å²) in [5.74, 6) is 0.177. The normalized spacial score (nSPS) is 16.0. The molecule has 2 aromatic carbocycles. The van der Waals surface area contributed by atoms with Gasteiger partial charge in [-0.3, -0.25) is 9.59 Å². The van der Waals surface area contributed by atoms with Gasteiger partial charge in [-0.2, -0.15) is 0 Å². The minimum atomic E-state index is -0.0426. The number of amides is 2. The lowest BCUT2D eigenvalue weighted by Gasteiger charge is -2.31. The van der Waals surface area contributed by atoms with Crippen molar-refractivity contribution in [3.63, 3.8) is 0 Å². The van der Waals surface area contributed by atoms with Crippen molar-refractivity contribution in [1.82, 2.24) is 10.2 Å². The first kappa shape index (κ1) is 19.1. The van der Waals surface area contributed by atoms with Gasteiger partial charge in [0.25, 0.3) is 5.91 Å². The molecule has 0 bridgehead atoms. The Bertz CT molecular complexity index is 741. The van der Waals surface area contributed by atoms with Gasteiger partial charge in [-0.25, -0.2) is 0 Å². The highest BCUT2D eigenvalue weighted by Crippen LogP contribution is 2.18. The Labute approximate surface area is 161 Å². The van der Waals surface area contributed by atoms with Crippen LogP contribution in [0.2, 0.25) is 0 Å². The summed E-state index contributed by atoms with van der Waals surface area (Å²) >= 11 is 0. The van der Waals surface area contributed by atoms with Gasteiger partial charge in [0.15, 0.2) is 6.54 Å². The molecule has 1 aliphatic heterocycles. The second-order valence-electron chi connectivity index (χ2n) is 7.15. The Balaban J connectivity index is 1.60. The number of carbonyl (C=O) groups is 2. The maximum absolute atomic E-state index is 12.7. The molecule has 1 fully saturated rings. The fourth-order valence-electron chi connectivity index (χ4n) is 3.57. The van der Waals surface area contributed by atoms with Gasteiger partial charge in [-0.15, -0.1) is 0 Å². The van der Waals surface area contributed by atoms with Crippen LogP contribution in [0.5, 0.6) is 0 Å². The van der Waals surface area contributed by atoms with Gasteiger partial charge in [0.2, 0.25) is 5.91 Å². The summed E-state index contributed by atoms with van der Waals surface area (Å²) in [6.45, 7) is 5.15. The fraction of sp³-hybridized carbons (Fsp3) is 0.364. The first-order chi connectivity index (χ1) is 13.1. The average molecular weight is 366 g/mol. The van der Waals surface area contributed by atoms with Crippen molar-refractivity contribution in [2.45, 2.75) is 19.4 Å². The Hall–Kier alpha value is -2.66. The molecule has 1 saturated heterocycles. The van der Waals surface area contributed by atoms with Gasteiger partial charge in [0, 0.05) is 6.92 Å². The Morgan fingerprint density at radius 3 is 2.19 bits per heavy atom. The maximum atomic E-state index is 12.7. The third-order valence-corrected chi connectivity index (χ3v) is 5.15. The van der Waals surface area contributed by atoms with E-state index < -0.39 is 0 Å². The largest absolute Gasteiger partial charge is 0.344 e. The lowest BCUT2D eigenvalue weighted by atomic mass is 9.99. The molecule has 2 N–H and O–H groups in total. The molecule has 1 atom stereocenters. The molecule has 0 aliphatic carbocycles. The average Bonchev–Trinajstić information content (AvgIpc) is 2.69. The zero-order valence-electron chi connectivity index (χ0n) is 15.9. The molecule has 142 valence electrons. The van der Waals surface area contributed by atoms with E-state index >= 15 is 0 Å². The number of quaternary nitrogens is 1. The van der Waals surface area contributed by atoms with Crippen LogP contribution in [0.15, 0.2) is 60.7 Å². The lowest BCUT2D eigenvalue weighted by molar-refractivity contribution is -0.896. The van der Waals surface area contributed by atoms with Crippen LogP contribution in [0.25, 0.3) is 0 Å². The number of rotatable bonds is 6. The zero-order valence-corrected chi connectivity index (χ0v) is 15.9. The number of hydrogen-bond acceptors (Lipinski definition) is 2. The highest BCUT2D eigenvalue weighted by molar-refractivity contribution is 5.77. The van der Waals surface area contributed by atoms with Crippen LogP contribution in [0.1, 0.15) is 24.1 Å². The number of hydrogen-bond donors (Lipinski definition) is 2. The van der Waals surface area contributed by atoms with Crippen LogP contribution in [0.3, 0.4) is 0 Å². The van der Waals surface area contributed by atoms with E-state index in [0.29, 0.717) is 6.54 Å². The van der Waals surface area contributed by atoms with Crippen LogP contribution in [-0.2, 0) is 16.0 Å². The first-order valence-corrected chi connectivity index (χ1v) is 9.59. The summed E-state index contributed by atoms with van der Waals surface area (Å²) in [5, 5.41) is 3.22. The number of piperazine rings is 1. The van der Waals surface area contributed by atoms with Gasteiger partial charge >= 0.3 is 0 Å². The first-order valence-electron chi connectivity index (χ1n) is 9.59. The van der Waals surface area contributed by atoms with E-state index in [1.54, 1.807) is 6.92 Å². The lowest BCUT2D eigenvalue weighted by Crippen LogP contribution is -3.15. The maximum Gasteiger partial charge on any atom is 0.275 e. The van der Waals surface area contributed by atoms with Crippen LogP contribution >= 0.6 is 0 Å². The molecule has 0 unspecified atom stereocenters. The highest BCUT2D eigenvalue weighted by Gasteiger charge is 2.24. The van der Waals surface area contributed by atoms with Crippen molar-refractivity contribution < 1.29 is 14.5 Å². The Morgan fingerprint density at radius 1 is 1.00 bits per heavy atom. The Kier molecular flexibility index (Phi) is 6.60. The van der Waals surface area contributed by atoms with Crippen molar-refractivity contribution in [2.75, 3.05) is 32.7 Å². The van der Waals surface area contributed by atoms with Crippen LogP contribution in [-0.4, -0.2) is 49.4 Å². The van der Waals surface area contributed by atoms with Crippen molar-refractivity contribution in [3.8, 4) is 0 Å². The summed E-state index contributed by atoms with van der Waals surface area (Å²) in [6, 6.07) is 20.3. The van der Waals surface area contributed by atoms with Gasteiger partial charge in [-0.05, 0) is 17.5 Å². The van der Waals surface area contributed by atoms with Crippen LogP contribution in [0.4, 0.5) is 0 Å². The molecule has 2 aromatic rings. The molecule has 3 rings (SSSR count). The molecule has 5 heteroatoms. The van der Waals surface area contributed by atoms with Crippen molar-refractivity contribution in [3.05, 3.63) is 71.8 Å². The standard InChI is InChI=1S/C22H27N3O2/c1-18(26)25-14-12-24(13-15-25)17-22(27)23-21(20-10-6-3-7-11-20)16-19-8-4-2-5-9-19/h2-11,21H,12-17H2,1H3,(H,23,27)/p+1/t21-/m0/s1. The summed E-state index contributed by atoms with van der Waals surface area (Å²) in [6.07, 6.45) is 0.768. The van der Waals surface area contributed by atoms with E-state index in [0.717, 1.165) is 38.2 Å². The third kappa shape index (κ3) is 5.66. The topological polar surface area (TPSA) is 53.9 Å². The molecule has 5 nitrogen and oxygen atoms in total. The van der Waals surface area contributed by atoms with E-state index in [-0.39, 0.29) is 17.9 Å². The van der Waals surface area contributed by atoms with E-state index in [4.69, 9.17) is 0 Å². The second kappa shape index (κ2) is 9.33. The number of benzene rings is 2. The molecule has 0 spiro atoms. The molecule has 0 aromatic heterocycles. The number of nitrogens with one attached hydrogen (secondary N) is 2. The van der Waals surface area contributed by atoms with Crippen LogP contribution < -0.4 is 10.2 Å². The van der Waals surface area contributed by atoms with E-state index in [1.807, 2.05) is 41.3 Å². The predicted molar refractivity (Wildman–Crippen MR) is 105 cm³/mol. The molecule has 1 aliphatic rings. The van der Waals surface area contributed by atoms with Crippen molar-refractivity contribution in [1.29, 1.82) is 0 Å². The molecule has 27 heavy (non-hydrogen) atoms. The summed E-state index contributed by atoms with van der Waals surface area (Å²) < 4.78 is 0. The third-order valence-electron chi connectivity index (χ3n) is 5.15. The van der Waals surface area contributed by atoms with Crippen molar-refractivity contribution >= 4 is 11.8 Å². The Morgan fingerprint density at radius 2 is 1.59 bits per heavy atom. The van der Waals surface area contributed by atoms with Gasteiger partial charge in [-0.1, -0.05) is 60.7 Å². The quantitative estimate of drug-likeness (QED) is 0.796. The summed E-state index contributed by atoms with van der Waals surface area (Å²) in [4.78, 5) is 27.2. The summed E-state index contributed by atoms with van der Waals surface area (Å²) in [7, 11) is 0. The molecule has 0 saturated carbocycles. The highest BCUT2D eigenvalue weighted by atomic mass is 16.2. The zero-order chi connectivity index (χ0) is 19.1. The minimum absolute atomic E-state index is 0.0426. The SMILES string of the molecule is CC(=O)N1CC[NH+](CC(=O)N[C@@H](Cc2ccccc2)c2ccccc2)CC1. The fourth-order valence-corrected chi connectivity index (χ4v) is 3.57. The van der Waals surface area contributed by atoms with Gasteiger partial charge in [0.05, 0.1) is 32.2 Å². The molecule has 0 radical (unpaired) electrons. The van der Waals surface area contributed by atoms with Crippen molar-refractivity contribution in [2.24, 2.45) is 0 Å². The van der Waals surface area contributed by atoms with E-state index in [1.165, 1.54) is 10.5 Å². The molecule has 2 amide bonds. The summed E-state index contributed by atoms with van der Waals surface area (Å²) in [5.41, 5.74) is 2.32. The smallest absolute Gasteiger partial charge is 0.275 e. The van der Waals surface area contributed by atoms with Crippen LogP contribution in [0, 0.1) is 0 Å². The predicted octanol–water partition coefficient (Wildman–Crippen LogP) is 0.834. The molecular weight excluding hydrogens is 338 g/mol. The minimum Gasteiger partial charge on any atom is -0.344 e. The number of nitrogens with zero attached hydrogens (tertiary/aromatic N) is 1. The van der Waals surface area contributed by atoms with E-state index in [9.17, 15) is 9.59 Å². The van der Waals surface area contributed by atoms with Gasteiger partial charge < -0.3 is 15.1 Å². The molecule has 1 heterocycles.